The highest BCUT2D eigenvalue weighted by Gasteiger charge is 2.35. The largest absolute Gasteiger partial charge is 0.494 e. The van der Waals surface area contributed by atoms with Gasteiger partial charge in [0.15, 0.2) is 0 Å². The third kappa shape index (κ3) is 3.69. The fourth-order valence-corrected chi connectivity index (χ4v) is 3.17. The average Bonchev–Trinajstić information content (AvgIpc) is 3.34. The lowest BCUT2D eigenvalue weighted by Crippen LogP contribution is -2.24. The Morgan fingerprint density at radius 1 is 1.15 bits per heavy atom. The van der Waals surface area contributed by atoms with E-state index < -0.39 is 0 Å². The van der Waals surface area contributed by atoms with Gasteiger partial charge in [0.25, 0.3) is 0 Å². The van der Waals surface area contributed by atoms with Gasteiger partial charge in [-0.05, 0) is 42.8 Å². The molecular weight excluding hydrogens is 342 g/mol. The summed E-state index contributed by atoms with van der Waals surface area (Å²) in [5.74, 6) is 1.83. The van der Waals surface area contributed by atoms with E-state index in [-0.39, 0.29) is 11.8 Å². The minimum Gasteiger partial charge on any atom is -0.494 e. The molecule has 0 N–H and O–H groups in total. The van der Waals surface area contributed by atoms with E-state index in [0.29, 0.717) is 31.3 Å². The van der Waals surface area contributed by atoms with Crippen LogP contribution in [0.15, 0.2) is 59.1 Å². The molecule has 1 atom stereocenters. The second-order valence-corrected chi connectivity index (χ2v) is 6.57. The second kappa shape index (κ2) is 7.61. The van der Waals surface area contributed by atoms with Gasteiger partial charge in [0.05, 0.1) is 12.5 Å². The van der Waals surface area contributed by atoms with Gasteiger partial charge in [0, 0.05) is 24.2 Å². The molecule has 1 aromatic heterocycles. The van der Waals surface area contributed by atoms with Crippen LogP contribution < -0.4 is 9.64 Å². The van der Waals surface area contributed by atoms with Crippen molar-refractivity contribution in [3.05, 3.63) is 60.5 Å². The van der Waals surface area contributed by atoms with E-state index in [1.807, 2.05) is 54.6 Å². The Kier molecular flexibility index (Phi) is 4.87. The molecule has 2 heterocycles. The minimum absolute atomic E-state index is 0.0726. The van der Waals surface area contributed by atoms with Crippen molar-refractivity contribution >= 4 is 11.6 Å². The first-order valence-corrected chi connectivity index (χ1v) is 9.17. The van der Waals surface area contributed by atoms with Gasteiger partial charge in [-0.3, -0.25) is 4.79 Å². The predicted molar refractivity (Wildman–Crippen MR) is 102 cm³/mol. The molecule has 2 aromatic carbocycles. The zero-order valence-electron chi connectivity index (χ0n) is 15.2. The summed E-state index contributed by atoms with van der Waals surface area (Å²) in [6.45, 7) is 3.31. The van der Waals surface area contributed by atoms with Crippen molar-refractivity contribution in [2.24, 2.45) is 0 Å². The Labute approximate surface area is 157 Å². The smallest absolute Gasteiger partial charge is 0.232 e. The fourth-order valence-electron chi connectivity index (χ4n) is 3.17. The molecule has 3 aromatic rings. The van der Waals surface area contributed by atoms with Gasteiger partial charge in [-0.2, -0.15) is 4.98 Å². The maximum atomic E-state index is 12.4. The van der Waals surface area contributed by atoms with Crippen molar-refractivity contribution in [2.45, 2.75) is 25.7 Å². The molecule has 1 fully saturated rings. The number of carbonyl (C=O) groups is 1. The van der Waals surface area contributed by atoms with Gasteiger partial charge >= 0.3 is 0 Å². The molecule has 4 rings (SSSR count). The lowest BCUT2D eigenvalue weighted by molar-refractivity contribution is -0.117. The maximum absolute atomic E-state index is 12.4. The normalized spacial score (nSPS) is 16.7. The molecule has 6 heteroatoms. The summed E-state index contributed by atoms with van der Waals surface area (Å²) in [4.78, 5) is 18.7. The number of amides is 1. The van der Waals surface area contributed by atoms with Crippen LogP contribution >= 0.6 is 0 Å². The molecule has 1 aliphatic rings. The number of carbonyl (C=O) groups excluding carboxylic acids is 1. The summed E-state index contributed by atoms with van der Waals surface area (Å²) in [6, 6.07) is 17.3. The van der Waals surface area contributed by atoms with E-state index >= 15 is 0 Å². The molecule has 138 valence electrons. The van der Waals surface area contributed by atoms with E-state index in [4.69, 9.17) is 9.26 Å². The quantitative estimate of drug-likeness (QED) is 0.661. The summed E-state index contributed by atoms with van der Waals surface area (Å²) in [7, 11) is 0. The van der Waals surface area contributed by atoms with Crippen LogP contribution in [0, 0.1) is 0 Å². The zero-order chi connectivity index (χ0) is 18.6. The third-order valence-corrected chi connectivity index (χ3v) is 4.57. The van der Waals surface area contributed by atoms with Gasteiger partial charge in [-0.25, -0.2) is 0 Å². The van der Waals surface area contributed by atoms with Gasteiger partial charge in [0.2, 0.25) is 17.6 Å². The molecule has 0 bridgehead atoms. The standard InChI is InChI=1S/C21H21N3O3/c1-2-12-26-18-10-8-15(9-11-18)20-22-21(27-23-20)16-13-19(25)24(14-16)17-6-4-3-5-7-17/h3-11,16H,2,12-14H2,1H3. The zero-order valence-corrected chi connectivity index (χ0v) is 15.2. The molecular formula is C21H21N3O3. The minimum atomic E-state index is -0.0916. The van der Waals surface area contributed by atoms with Gasteiger partial charge in [-0.1, -0.05) is 30.3 Å². The molecule has 1 aliphatic heterocycles. The van der Waals surface area contributed by atoms with E-state index in [2.05, 4.69) is 17.1 Å². The third-order valence-electron chi connectivity index (χ3n) is 4.57. The number of benzene rings is 2. The monoisotopic (exact) mass is 363 g/mol. The average molecular weight is 363 g/mol. The van der Waals surface area contributed by atoms with Crippen molar-refractivity contribution in [3.8, 4) is 17.1 Å². The second-order valence-electron chi connectivity index (χ2n) is 6.57. The van der Waals surface area contributed by atoms with Crippen molar-refractivity contribution in [1.29, 1.82) is 0 Å². The van der Waals surface area contributed by atoms with Crippen LogP contribution in [0.5, 0.6) is 5.75 Å². The summed E-state index contributed by atoms with van der Waals surface area (Å²) in [5.41, 5.74) is 1.76. The topological polar surface area (TPSA) is 68.5 Å². The molecule has 0 radical (unpaired) electrons. The van der Waals surface area contributed by atoms with E-state index in [0.717, 1.165) is 23.4 Å². The molecule has 6 nitrogen and oxygen atoms in total. The number of hydrogen-bond donors (Lipinski definition) is 0. The Bertz CT molecular complexity index is 906. The number of nitrogens with zero attached hydrogens (tertiary/aromatic N) is 3. The Hall–Kier alpha value is -3.15. The van der Waals surface area contributed by atoms with Gasteiger partial charge < -0.3 is 14.2 Å². The summed E-state index contributed by atoms with van der Waals surface area (Å²) in [5, 5.41) is 4.09. The highest BCUT2D eigenvalue weighted by atomic mass is 16.5. The lowest BCUT2D eigenvalue weighted by Gasteiger charge is -2.15. The molecule has 27 heavy (non-hydrogen) atoms. The van der Waals surface area contributed by atoms with E-state index in [1.165, 1.54) is 0 Å². The Balaban J connectivity index is 1.47. The first-order chi connectivity index (χ1) is 13.2. The van der Waals surface area contributed by atoms with Crippen molar-refractivity contribution < 1.29 is 14.1 Å². The predicted octanol–water partition coefficient (Wildman–Crippen LogP) is 4.05. The number of hydrogen-bond acceptors (Lipinski definition) is 5. The summed E-state index contributed by atoms with van der Waals surface area (Å²) < 4.78 is 11.1. The van der Waals surface area contributed by atoms with E-state index in [9.17, 15) is 4.79 Å². The van der Waals surface area contributed by atoms with Crippen molar-refractivity contribution in [1.82, 2.24) is 10.1 Å². The molecule has 1 amide bonds. The molecule has 0 aliphatic carbocycles. The summed E-state index contributed by atoms with van der Waals surface area (Å²) >= 11 is 0. The number of ether oxygens (including phenoxy) is 1. The van der Waals surface area contributed by atoms with E-state index in [1.54, 1.807) is 4.90 Å². The first kappa shape index (κ1) is 17.3. The number of aromatic nitrogens is 2. The van der Waals surface area contributed by atoms with Gasteiger partial charge in [0.1, 0.15) is 5.75 Å². The van der Waals surface area contributed by atoms with Crippen LogP contribution in [0.3, 0.4) is 0 Å². The van der Waals surface area contributed by atoms with Crippen LogP contribution in [0.25, 0.3) is 11.4 Å². The number of rotatable bonds is 6. The molecule has 0 saturated carbocycles. The van der Waals surface area contributed by atoms with Crippen LogP contribution in [0.1, 0.15) is 31.6 Å². The SMILES string of the molecule is CCCOc1ccc(-c2noc(C3CC(=O)N(c4ccccc4)C3)n2)cc1. The highest BCUT2D eigenvalue weighted by Crippen LogP contribution is 2.32. The van der Waals surface area contributed by atoms with Crippen LogP contribution in [0.2, 0.25) is 0 Å². The Morgan fingerprint density at radius 3 is 2.67 bits per heavy atom. The first-order valence-electron chi connectivity index (χ1n) is 9.17. The maximum Gasteiger partial charge on any atom is 0.232 e. The van der Waals surface area contributed by atoms with Crippen LogP contribution in [0.4, 0.5) is 5.69 Å². The molecule has 1 saturated heterocycles. The molecule has 1 unspecified atom stereocenters. The van der Waals surface area contributed by atoms with Crippen LogP contribution in [-0.2, 0) is 4.79 Å². The van der Waals surface area contributed by atoms with Crippen molar-refractivity contribution in [3.63, 3.8) is 0 Å². The summed E-state index contributed by atoms with van der Waals surface area (Å²) in [6.07, 6.45) is 1.34. The number of anilines is 1. The van der Waals surface area contributed by atoms with Gasteiger partial charge in [-0.15, -0.1) is 0 Å². The highest BCUT2D eigenvalue weighted by molar-refractivity contribution is 5.96. The molecule has 0 spiro atoms. The van der Waals surface area contributed by atoms with Crippen LogP contribution in [-0.4, -0.2) is 29.2 Å². The fraction of sp³-hybridized carbons (Fsp3) is 0.286. The number of para-hydroxylation sites is 1. The van der Waals surface area contributed by atoms with Crippen molar-refractivity contribution in [2.75, 3.05) is 18.1 Å². The Morgan fingerprint density at radius 2 is 1.93 bits per heavy atom. The lowest BCUT2D eigenvalue weighted by atomic mass is 10.1.